The van der Waals surface area contributed by atoms with Crippen molar-refractivity contribution in [3.8, 4) is 0 Å². The lowest BCUT2D eigenvalue weighted by atomic mass is 9.66. The van der Waals surface area contributed by atoms with Crippen LogP contribution in [0.15, 0.2) is 0 Å². The molecule has 0 bridgehead atoms. The van der Waals surface area contributed by atoms with Gasteiger partial charge in [0.05, 0.1) is 5.60 Å². The van der Waals surface area contributed by atoms with Crippen LogP contribution < -0.4 is 5.32 Å². The molecule has 2 aliphatic rings. The average Bonchev–Trinajstić information content (AvgIpc) is 2.70. The number of ether oxygens (including phenoxy) is 1. The second-order valence-corrected chi connectivity index (χ2v) is 6.41. The van der Waals surface area contributed by atoms with Crippen molar-refractivity contribution >= 4 is 0 Å². The third kappa shape index (κ3) is 2.43. The topological polar surface area (TPSA) is 21.3 Å². The van der Waals surface area contributed by atoms with Crippen LogP contribution in [-0.4, -0.2) is 25.8 Å². The Morgan fingerprint density at radius 1 is 1.25 bits per heavy atom. The molecular formula is C14H27NO. The highest BCUT2D eigenvalue weighted by Gasteiger charge is 2.45. The number of nitrogens with one attached hydrogen (secondary N) is 1. The summed E-state index contributed by atoms with van der Waals surface area (Å²) in [5.74, 6) is 0.987. The highest BCUT2D eigenvalue weighted by Crippen LogP contribution is 2.46. The van der Waals surface area contributed by atoms with Gasteiger partial charge >= 0.3 is 0 Å². The fourth-order valence-corrected chi connectivity index (χ4v) is 3.31. The molecule has 0 spiro atoms. The first-order valence-electron chi connectivity index (χ1n) is 6.84. The zero-order valence-electron chi connectivity index (χ0n) is 11.1. The van der Waals surface area contributed by atoms with Crippen LogP contribution in [0.3, 0.4) is 0 Å². The molecule has 0 aromatic heterocycles. The summed E-state index contributed by atoms with van der Waals surface area (Å²) in [4.78, 5) is 0. The summed E-state index contributed by atoms with van der Waals surface area (Å²) in [6.07, 6.45) is 8.39. The van der Waals surface area contributed by atoms with Gasteiger partial charge in [-0.15, -0.1) is 0 Å². The van der Waals surface area contributed by atoms with Crippen LogP contribution in [0.1, 0.15) is 52.4 Å². The van der Waals surface area contributed by atoms with Crippen molar-refractivity contribution in [2.45, 2.75) is 58.0 Å². The van der Waals surface area contributed by atoms with E-state index in [4.69, 9.17) is 4.74 Å². The number of rotatable bonds is 5. The van der Waals surface area contributed by atoms with Crippen molar-refractivity contribution in [1.29, 1.82) is 0 Å². The lowest BCUT2D eigenvalue weighted by Gasteiger charge is -2.48. The summed E-state index contributed by atoms with van der Waals surface area (Å²) >= 11 is 0. The van der Waals surface area contributed by atoms with E-state index < -0.39 is 0 Å². The Morgan fingerprint density at radius 3 is 2.31 bits per heavy atom. The van der Waals surface area contributed by atoms with Gasteiger partial charge in [-0.2, -0.15) is 0 Å². The third-order valence-corrected chi connectivity index (χ3v) is 4.95. The summed E-state index contributed by atoms with van der Waals surface area (Å²) in [7, 11) is 1.83. The molecule has 2 heteroatoms. The van der Waals surface area contributed by atoms with Crippen LogP contribution in [0, 0.1) is 11.3 Å². The fourth-order valence-electron chi connectivity index (χ4n) is 3.31. The van der Waals surface area contributed by atoms with Crippen LogP contribution >= 0.6 is 0 Å². The van der Waals surface area contributed by atoms with Gasteiger partial charge in [0.2, 0.25) is 0 Å². The maximum absolute atomic E-state index is 5.54. The monoisotopic (exact) mass is 225 g/mol. The van der Waals surface area contributed by atoms with Gasteiger partial charge in [0, 0.05) is 20.2 Å². The molecule has 16 heavy (non-hydrogen) atoms. The van der Waals surface area contributed by atoms with E-state index in [1.165, 1.54) is 51.6 Å². The maximum atomic E-state index is 5.54. The van der Waals surface area contributed by atoms with E-state index in [0.717, 1.165) is 5.92 Å². The standard InChI is InChI=1S/C14H27NO/c1-13(2,16-3)8-9-14(10-15-11-14)12-6-4-5-7-12/h12,15H,4-11H2,1-3H3. The van der Waals surface area contributed by atoms with Gasteiger partial charge in [-0.1, -0.05) is 12.8 Å². The highest BCUT2D eigenvalue weighted by atomic mass is 16.5. The molecular weight excluding hydrogens is 198 g/mol. The summed E-state index contributed by atoms with van der Waals surface area (Å²) in [5, 5.41) is 3.49. The van der Waals surface area contributed by atoms with Gasteiger partial charge in [0.25, 0.3) is 0 Å². The summed E-state index contributed by atoms with van der Waals surface area (Å²) < 4.78 is 5.54. The van der Waals surface area contributed by atoms with Crippen LogP contribution in [0.2, 0.25) is 0 Å². The van der Waals surface area contributed by atoms with Crippen LogP contribution in [-0.2, 0) is 4.74 Å². The van der Waals surface area contributed by atoms with Crippen LogP contribution in [0.5, 0.6) is 0 Å². The molecule has 2 nitrogen and oxygen atoms in total. The molecule has 1 aliphatic carbocycles. The van der Waals surface area contributed by atoms with Crippen molar-refractivity contribution in [1.82, 2.24) is 5.32 Å². The second-order valence-electron chi connectivity index (χ2n) is 6.41. The zero-order valence-corrected chi connectivity index (χ0v) is 11.1. The van der Waals surface area contributed by atoms with E-state index in [2.05, 4.69) is 19.2 Å². The van der Waals surface area contributed by atoms with Gasteiger partial charge in [0.1, 0.15) is 0 Å². The Kier molecular flexibility index (Phi) is 3.60. The Hall–Kier alpha value is -0.0800. The largest absolute Gasteiger partial charge is 0.379 e. The van der Waals surface area contributed by atoms with E-state index in [0.29, 0.717) is 5.41 Å². The molecule has 1 aliphatic heterocycles. The molecule has 1 saturated carbocycles. The molecule has 2 rings (SSSR count). The molecule has 1 heterocycles. The van der Waals surface area contributed by atoms with E-state index in [-0.39, 0.29) is 5.60 Å². The quantitative estimate of drug-likeness (QED) is 0.776. The number of hydrogen-bond acceptors (Lipinski definition) is 2. The SMILES string of the molecule is COC(C)(C)CCC1(C2CCCC2)CNC1. The fraction of sp³-hybridized carbons (Fsp3) is 1.00. The lowest BCUT2D eigenvalue weighted by molar-refractivity contribution is -0.0160. The Bertz CT molecular complexity index is 227. The first-order valence-corrected chi connectivity index (χ1v) is 6.84. The number of hydrogen-bond donors (Lipinski definition) is 1. The minimum absolute atomic E-state index is 0.0567. The van der Waals surface area contributed by atoms with Crippen molar-refractivity contribution < 1.29 is 4.74 Å². The van der Waals surface area contributed by atoms with E-state index in [1.807, 2.05) is 7.11 Å². The third-order valence-electron chi connectivity index (χ3n) is 4.95. The maximum Gasteiger partial charge on any atom is 0.0623 e. The van der Waals surface area contributed by atoms with Gasteiger partial charge in [-0.25, -0.2) is 0 Å². The summed E-state index contributed by atoms with van der Waals surface area (Å²) in [6.45, 7) is 6.91. The molecule has 94 valence electrons. The summed E-state index contributed by atoms with van der Waals surface area (Å²) in [5.41, 5.74) is 0.674. The van der Waals surface area contributed by atoms with Gasteiger partial charge in [0.15, 0.2) is 0 Å². The smallest absolute Gasteiger partial charge is 0.0623 e. The molecule has 0 atom stereocenters. The number of methoxy groups -OCH3 is 1. The first-order chi connectivity index (χ1) is 7.58. The van der Waals surface area contributed by atoms with Crippen molar-refractivity contribution in [2.75, 3.05) is 20.2 Å². The minimum Gasteiger partial charge on any atom is -0.379 e. The van der Waals surface area contributed by atoms with E-state index in [9.17, 15) is 0 Å². The van der Waals surface area contributed by atoms with Gasteiger partial charge in [-0.05, 0) is 50.9 Å². The molecule has 1 saturated heterocycles. The molecule has 1 N–H and O–H groups in total. The molecule has 0 aromatic carbocycles. The Labute approximate surface area is 100 Å². The van der Waals surface area contributed by atoms with Gasteiger partial charge < -0.3 is 10.1 Å². The predicted octanol–water partition coefficient (Wildman–Crippen LogP) is 2.97. The van der Waals surface area contributed by atoms with Crippen LogP contribution in [0.4, 0.5) is 0 Å². The molecule has 0 amide bonds. The highest BCUT2D eigenvalue weighted by molar-refractivity contribution is 4.99. The van der Waals surface area contributed by atoms with Crippen molar-refractivity contribution in [3.05, 3.63) is 0 Å². The van der Waals surface area contributed by atoms with E-state index >= 15 is 0 Å². The molecule has 0 aromatic rings. The zero-order chi connectivity index (χ0) is 11.6. The summed E-state index contributed by atoms with van der Waals surface area (Å²) in [6, 6.07) is 0. The first kappa shape index (κ1) is 12.4. The van der Waals surface area contributed by atoms with Crippen molar-refractivity contribution in [2.24, 2.45) is 11.3 Å². The van der Waals surface area contributed by atoms with Crippen LogP contribution in [0.25, 0.3) is 0 Å². The normalized spacial score (nSPS) is 25.7. The molecule has 0 radical (unpaired) electrons. The molecule has 0 unspecified atom stereocenters. The van der Waals surface area contributed by atoms with Gasteiger partial charge in [-0.3, -0.25) is 0 Å². The second kappa shape index (κ2) is 4.66. The molecule has 2 fully saturated rings. The average molecular weight is 225 g/mol. The lowest BCUT2D eigenvalue weighted by Crippen LogP contribution is -2.57. The van der Waals surface area contributed by atoms with Crippen molar-refractivity contribution in [3.63, 3.8) is 0 Å². The predicted molar refractivity (Wildman–Crippen MR) is 67.6 cm³/mol. The van der Waals surface area contributed by atoms with E-state index in [1.54, 1.807) is 0 Å². The Morgan fingerprint density at radius 2 is 1.88 bits per heavy atom. The minimum atomic E-state index is 0.0567. The Balaban J connectivity index is 1.89.